The predicted octanol–water partition coefficient (Wildman–Crippen LogP) is 1.42. The third-order valence-corrected chi connectivity index (χ3v) is 2.14. The van der Waals surface area contributed by atoms with Crippen molar-refractivity contribution in [1.82, 2.24) is 4.98 Å². The summed E-state index contributed by atoms with van der Waals surface area (Å²) >= 11 is 0. The van der Waals surface area contributed by atoms with Crippen molar-refractivity contribution >= 4 is 0 Å². The highest BCUT2D eigenvalue weighted by molar-refractivity contribution is 5.27. The molecule has 0 spiro atoms. The molecule has 0 aromatic carbocycles. The minimum Gasteiger partial charge on any atom is -0.325 e. The maximum atomic E-state index is 5.55. The summed E-state index contributed by atoms with van der Waals surface area (Å²) in [6.07, 6.45) is 4.45. The SMILES string of the molecule is NCc1ncccc1C1CC1. The van der Waals surface area contributed by atoms with E-state index in [1.165, 1.54) is 18.4 Å². The molecule has 58 valence electrons. The topological polar surface area (TPSA) is 38.9 Å². The number of hydrogen-bond donors (Lipinski definition) is 1. The summed E-state index contributed by atoms with van der Waals surface area (Å²) in [4.78, 5) is 4.23. The summed E-state index contributed by atoms with van der Waals surface area (Å²) in [6, 6.07) is 4.14. The zero-order valence-electron chi connectivity index (χ0n) is 6.46. The second-order valence-electron chi connectivity index (χ2n) is 3.02. The Morgan fingerprint density at radius 1 is 1.55 bits per heavy atom. The molecule has 1 saturated carbocycles. The van der Waals surface area contributed by atoms with E-state index in [1.54, 1.807) is 0 Å². The molecule has 0 atom stereocenters. The summed E-state index contributed by atoms with van der Waals surface area (Å²) in [7, 11) is 0. The van der Waals surface area contributed by atoms with Gasteiger partial charge in [-0.15, -0.1) is 0 Å². The molecular weight excluding hydrogens is 136 g/mol. The summed E-state index contributed by atoms with van der Waals surface area (Å²) in [5, 5.41) is 0. The highest BCUT2D eigenvalue weighted by Crippen LogP contribution is 2.40. The van der Waals surface area contributed by atoms with Crippen LogP contribution in [0.15, 0.2) is 18.3 Å². The molecule has 11 heavy (non-hydrogen) atoms. The first kappa shape index (κ1) is 6.80. The molecule has 2 heteroatoms. The third kappa shape index (κ3) is 1.26. The molecule has 1 aliphatic rings. The molecule has 0 bridgehead atoms. The van der Waals surface area contributed by atoms with Crippen LogP contribution >= 0.6 is 0 Å². The zero-order chi connectivity index (χ0) is 7.68. The van der Waals surface area contributed by atoms with E-state index in [1.807, 2.05) is 12.3 Å². The first-order valence-corrected chi connectivity index (χ1v) is 4.05. The Labute approximate surface area is 66.4 Å². The maximum Gasteiger partial charge on any atom is 0.0574 e. The van der Waals surface area contributed by atoms with Crippen molar-refractivity contribution < 1.29 is 0 Å². The summed E-state index contributed by atoms with van der Waals surface area (Å²) in [6.45, 7) is 0.576. The molecule has 1 heterocycles. The van der Waals surface area contributed by atoms with Gasteiger partial charge in [0.15, 0.2) is 0 Å². The van der Waals surface area contributed by atoms with Crippen LogP contribution in [0.3, 0.4) is 0 Å². The van der Waals surface area contributed by atoms with Crippen molar-refractivity contribution in [3.05, 3.63) is 29.6 Å². The molecule has 1 fully saturated rings. The van der Waals surface area contributed by atoms with Gasteiger partial charge in [0.2, 0.25) is 0 Å². The normalized spacial score (nSPS) is 16.8. The molecule has 1 aromatic rings. The second kappa shape index (κ2) is 2.62. The van der Waals surface area contributed by atoms with Gasteiger partial charge in [-0.1, -0.05) is 6.07 Å². The number of aromatic nitrogens is 1. The van der Waals surface area contributed by atoms with Gasteiger partial charge in [0.05, 0.1) is 5.69 Å². The molecule has 2 N–H and O–H groups in total. The van der Waals surface area contributed by atoms with E-state index in [9.17, 15) is 0 Å². The molecule has 1 aliphatic carbocycles. The molecule has 0 amide bonds. The third-order valence-electron chi connectivity index (χ3n) is 2.14. The van der Waals surface area contributed by atoms with E-state index in [4.69, 9.17) is 5.73 Å². The van der Waals surface area contributed by atoms with E-state index in [0.717, 1.165) is 11.6 Å². The molecule has 0 radical (unpaired) electrons. The Morgan fingerprint density at radius 2 is 2.36 bits per heavy atom. The summed E-state index contributed by atoms with van der Waals surface area (Å²) in [5.41, 5.74) is 8.00. The van der Waals surface area contributed by atoms with Gasteiger partial charge in [0, 0.05) is 12.7 Å². The Kier molecular flexibility index (Phi) is 1.62. The van der Waals surface area contributed by atoms with Crippen LogP contribution in [0.2, 0.25) is 0 Å². The van der Waals surface area contributed by atoms with Crippen LogP contribution in [-0.2, 0) is 6.54 Å². The quantitative estimate of drug-likeness (QED) is 0.688. The van der Waals surface area contributed by atoms with Crippen LogP contribution < -0.4 is 5.73 Å². The van der Waals surface area contributed by atoms with Crippen LogP contribution in [0.4, 0.5) is 0 Å². The maximum absolute atomic E-state index is 5.55. The summed E-state index contributed by atoms with van der Waals surface area (Å²) in [5.74, 6) is 0.766. The van der Waals surface area contributed by atoms with Gasteiger partial charge in [0.25, 0.3) is 0 Å². The highest BCUT2D eigenvalue weighted by atomic mass is 14.7. The summed E-state index contributed by atoms with van der Waals surface area (Å²) < 4.78 is 0. The number of pyridine rings is 1. The largest absolute Gasteiger partial charge is 0.325 e. The lowest BCUT2D eigenvalue weighted by Gasteiger charge is -2.02. The van der Waals surface area contributed by atoms with Crippen LogP contribution in [0.1, 0.15) is 30.0 Å². The highest BCUT2D eigenvalue weighted by Gasteiger charge is 2.25. The Hall–Kier alpha value is -0.890. The van der Waals surface area contributed by atoms with E-state index in [0.29, 0.717) is 6.54 Å². The molecule has 0 saturated heterocycles. The molecule has 1 aromatic heterocycles. The minimum absolute atomic E-state index is 0.576. The van der Waals surface area contributed by atoms with Crippen molar-refractivity contribution in [3.8, 4) is 0 Å². The standard InChI is InChI=1S/C9H12N2/c10-6-9-8(7-3-4-7)2-1-5-11-9/h1-2,5,7H,3-4,6,10H2. The van der Waals surface area contributed by atoms with Crippen LogP contribution in [-0.4, -0.2) is 4.98 Å². The smallest absolute Gasteiger partial charge is 0.0574 e. The molecule has 2 rings (SSSR count). The van der Waals surface area contributed by atoms with Crippen molar-refractivity contribution in [2.45, 2.75) is 25.3 Å². The molecule has 0 aliphatic heterocycles. The lowest BCUT2D eigenvalue weighted by atomic mass is 10.1. The molecular formula is C9H12N2. The number of rotatable bonds is 2. The number of nitrogens with two attached hydrogens (primary N) is 1. The van der Waals surface area contributed by atoms with Gasteiger partial charge in [-0.2, -0.15) is 0 Å². The van der Waals surface area contributed by atoms with E-state index in [2.05, 4.69) is 11.1 Å². The average molecular weight is 148 g/mol. The van der Waals surface area contributed by atoms with Crippen molar-refractivity contribution in [1.29, 1.82) is 0 Å². The van der Waals surface area contributed by atoms with Gasteiger partial charge in [-0.25, -0.2) is 0 Å². The first-order chi connectivity index (χ1) is 5.42. The molecule has 2 nitrogen and oxygen atoms in total. The van der Waals surface area contributed by atoms with Crippen molar-refractivity contribution in [2.24, 2.45) is 5.73 Å². The van der Waals surface area contributed by atoms with Crippen LogP contribution in [0.5, 0.6) is 0 Å². The fourth-order valence-corrected chi connectivity index (χ4v) is 1.39. The lowest BCUT2D eigenvalue weighted by Crippen LogP contribution is -2.02. The van der Waals surface area contributed by atoms with Gasteiger partial charge < -0.3 is 5.73 Å². The van der Waals surface area contributed by atoms with Gasteiger partial charge in [-0.05, 0) is 30.4 Å². The predicted molar refractivity (Wildman–Crippen MR) is 44.1 cm³/mol. The molecule has 0 unspecified atom stereocenters. The second-order valence-corrected chi connectivity index (χ2v) is 3.02. The van der Waals surface area contributed by atoms with Crippen LogP contribution in [0, 0.1) is 0 Å². The minimum atomic E-state index is 0.576. The zero-order valence-corrected chi connectivity index (χ0v) is 6.46. The van der Waals surface area contributed by atoms with E-state index >= 15 is 0 Å². The number of hydrogen-bond acceptors (Lipinski definition) is 2. The fraction of sp³-hybridized carbons (Fsp3) is 0.444. The van der Waals surface area contributed by atoms with Gasteiger partial charge in [-0.3, -0.25) is 4.98 Å². The number of nitrogens with zero attached hydrogens (tertiary/aromatic N) is 1. The van der Waals surface area contributed by atoms with Crippen molar-refractivity contribution in [2.75, 3.05) is 0 Å². The van der Waals surface area contributed by atoms with Crippen molar-refractivity contribution in [3.63, 3.8) is 0 Å². The average Bonchev–Trinajstić information content (AvgIpc) is 2.87. The fourth-order valence-electron chi connectivity index (χ4n) is 1.39. The Morgan fingerprint density at radius 3 is 3.00 bits per heavy atom. The van der Waals surface area contributed by atoms with E-state index < -0.39 is 0 Å². The van der Waals surface area contributed by atoms with Gasteiger partial charge >= 0.3 is 0 Å². The first-order valence-electron chi connectivity index (χ1n) is 4.05. The van der Waals surface area contributed by atoms with E-state index in [-0.39, 0.29) is 0 Å². The Bertz CT molecular complexity index is 253. The lowest BCUT2D eigenvalue weighted by molar-refractivity contribution is 0.930. The van der Waals surface area contributed by atoms with Gasteiger partial charge in [0.1, 0.15) is 0 Å². The monoisotopic (exact) mass is 148 g/mol. The Balaban J connectivity index is 2.34. The van der Waals surface area contributed by atoms with Crippen LogP contribution in [0.25, 0.3) is 0 Å².